The molecule has 2 amide bonds. The average Bonchev–Trinajstić information content (AvgIpc) is 3.25. The minimum atomic E-state index is -0.657. The van der Waals surface area contributed by atoms with Crippen molar-refractivity contribution in [3.05, 3.63) is 84.2 Å². The Bertz CT molecular complexity index is 1280. The van der Waals surface area contributed by atoms with Gasteiger partial charge in [-0.05, 0) is 48.9 Å². The molecule has 1 unspecified atom stereocenters. The minimum absolute atomic E-state index is 0.0266. The van der Waals surface area contributed by atoms with Gasteiger partial charge in [0.15, 0.2) is 0 Å². The first-order valence-electron chi connectivity index (χ1n) is 10.1. The summed E-state index contributed by atoms with van der Waals surface area (Å²) in [5.41, 5.74) is 4.16. The third-order valence-corrected chi connectivity index (χ3v) is 5.41. The number of aryl methyl sites for hydroxylation is 1. The van der Waals surface area contributed by atoms with Crippen molar-refractivity contribution in [1.29, 1.82) is 0 Å². The van der Waals surface area contributed by atoms with Crippen LogP contribution in [0, 0.1) is 6.92 Å². The van der Waals surface area contributed by atoms with E-state index in [-0.39, 0.29) is 18.2 Å². The van der Waals surface area contributed by atoms with Crippen LogP contribution in [0.3, 0.4) is 0 Å². The molecule has 0 aliphatic carbocycles. The summed E-state index contributed by atoms with van der Waals surface area (Å²) in [4.78, 5) is 36.8. The fourth-order valence-corrected chi connectivity index (χ4v) is 4.01. The van der Waals surface area contributed by atoms with Gasteiger partial charge < -0.3 is 5.32 Å². The van der Waals surface area contributed by atoms with E-state index >= 15 is 0 Å². The molecule has 1 N–H and O–H groups in total. The van der Waals surface area contributed by atoms with Gasteiger partial charge in [0.25, 0.3) is 5.91 Å². The smallest absolute Gasteiger partial charge is 0.253 e. The predicted molar refractivity (Wildman–Crippen MR) is 119 cm³/mol. The first-order valence-corrected chi connectivity index (χ1v) is 10.1. The molecule has 2 aromatic carbocycles. The molecule has 0 spiro atoms. The lowest BCUT2D eigenvalue weighted by molar-refractivity contribution is -0.124. The summed E-state index contributed by atoms with van der Waals surface area (Å²) in [6.45, 7) is 2.27. The number of benzene rings is 2. The van der Waals surface area contributed by atoms with Crippen molar-refractivity contribution in [2.24, 2.45) is 0 Å². The van der Waals surface area contributed by atoms with Crippen molar-refractivity contribution in [1.82, 2.24) is 14.5 Å². The molecule has 0 radical (unpaired) electrons. The van der Waals surface area contributed by atoms with Crippen molar-refractivity contribution in [2.45, 2.75) is 25.9 Å². The van der Waals surface area contributed by atoms with E-state index in [4.69, 9.17) is 0 Å². The minimum Gasteiger partial charge on any atom is -0.326 e. The van der Waals surface area contributed by atoms with Crippen LogP contribution in [0.15, 0.2) is 72.9 Å². The second-order valence-electron chi connectivity index (χ2n) is 7.65. The van der Waals surface area contributed by atoms with E-state index in [1.807, 2.05) is 78.2 Å². The van der Waals surface area contributed by atoms with E-state index in [1.165, 1.54) is 0 Å². The fourth-order valence-electron chi connectivity index (χ4n) is 4.01. The van der Waals surface area contributed by atoms with Gasteiger partial charge in [0.05, 0.1) is 29.7 Å². The van der Waals surface area contributed by atoms with Crippen molar-refractivity contribution in [3.63, 3.8) is 0 Å². The Labute approximate surface area is 179 Å². The zero-order valence-electron chi connectivity index (χ0n) is 17.0. The highest BCUT2D eigenvalue weighted by atomic mass is 16.2. The number of fused-ring (bicyclic) bond motifs is 3. The van der Waals surface area contributed by atoms with E-state index in [9.17, 15) is 9.59 Å². The molecule has 7 heteroatoms. The quantitative estimate of drug-likeness (QED) is 0.541. The number of imidazole rings is 1. The van der Waals surface area contributed by atoms with Crippen molar-refractivity contribution in [3.8, 4) is 0 Å². The van der Waals surface area contributed by atoms with Crippen LogP contribution in [0.1, 0.15) is 23.7 Å². The maximum Gasteiger partial charge on any atom is 0.253 e. The van der Waals surface area contributed by atoms with E-state index in [0.29, 0.717) is 12.5 Å². The maximum absolute atomic E-state index is 13.4. The third-order valence-electron chi connectivity index (χ3n) is 5.41. The number of hydrogen-bond donors (Lipinski definition) is 1. The average molecular weight is 411 g/mol. The normalized spacial score (nSPS) is 15.3. The molecule has 154 valence electrons. The zero-order valence-corrected chi connectivity index (χ0v) is 17.0. The van der Waals surface area contributed by atoms with Crippen LogP contribution in [0.4, 0.5) is 11.6 Å². The summed E-state index contributed by atoms with van der Waals surface area (Å²) in [6.07, 6.45) is 1.73. The number of para-hydroxylation sites is 2. The summed E-state index contributed by atoms with van der Waals surface area (Å²) < 4.78 is 1.87. The van der Waals surface area contributed by atoms with E-state index in [2.05, 4.69) is 15.3 Å². The molecular formula is C24H21N5O2. The Morgan fingerprint density at radius 2 is 1.90 bits per heavy atom. The molecule has 1 aliphatic rings. The lowest BCUT2D eigenvalue weighted by Gasteiger charge is -2.15. The lowest BCUT2D eigenvalue weighted by Crippen LogP contribution is -2.31. The molecule has 0 bridgehead atoms. The number of rotatable bonds is 5. The van der Waals surface area contributed by atoms with Gasteiger partial charge in [0.1, 0.15) is 6.04 Å². The number of carbonyl (C=O) groups excluding carboxylic acids is 2. The highest BCUT2D eigenvalue weighted by Gasteiger charge is 2.41. The maximum atomic E-state index is 13.4. The van der Waals surface area contributed by atoms with Gasteiger partial charge in [-0.15, -0.1) is 0 Å². The number of anilines is 2. The van der Waals surface area contributed by atoms with Gasteiger partial charge in [0.2, 0.25) is 11.9 Å². The molecule has 31 heavy (non-hydrogen) atoms. The van der Waals surface area contributed by atoms with E-state index < -0.39 is 6.04 Å². The number of nitrogens with one attached hydrogen (secondary N) is 1. The molecule has 7 nitrogen and oxygen atoms in total. The summed E-state index contributed by atoms with van der Waals surface area (Å²) in [6, 6.07) is 20.2. The predicted octanol–water partition coefficient (Wildman–Crippen LogP) is 3.86. The van der Waals surface area contributed by atoms with Gasteiger partial charge >= 0.3 is 0 Å². The highest BCUT2D eigenvalue weighted by Crippen LogP contribution is 2.37. The Hall–Kier alpha value is -4.00. The highest BCUT2D eigenvalue weighted by molar-refractivity contribution is 6.05. The number of aromatic nitrogens is 3. The van der Waals surface area contributed by atoms with Gasteiger partial charge in [-0.1, -0.05) is 30.3 Å². The van der Waals surface area contributed by atoms with Crippen molar-refractivity contribution < 1.29 is 9.59 Å². The number of pyridine rings is 1. The Kier molecular flexibility index (Phi) is 4.71. The largest absolute Gasteiger partial charge is 0.326 e. The van der Waals surface area contributed by atoms with E-state index in [0.717, 1.165) is 28.0 Å². The first-order chi connectivity index (χ1) is 15.1. The monoisotopic (exact) mass is 411 g/mol. The summed E-state index contributed by atoms with van der Waals surface area (Å²) >= 11 is 0. The first kappa shape index (κ1) is 19.0. The third kappa shape index (κ3) is 3.54. The zero-order chi connectivity index (χ0) is 21.4. The molecule has 3 heterocycles. The molecular weight excluding hydrogens is 390 g/mol. The molecule has 4 aromatic rings. The lowest BCUT2D eigenvalue weighted by atomic mass is 10.1. The number of nitrogens with zero attached hydrogens (tertiary/aromatic N) is 4. The SMILES string of the molecule is Cc1cccc(NC(=O)CC2C(=O)N(Cc3ccccn3)c3nc4ccccc4n32)c1. The number of amides is 2. The van der Waals surface area contributed by atoms with Crippen molar-refractivity contribution >= 4 is 34.5 Å². The van der Waals surface area contributed by atoms with Crippen molar-refractivity contribution in [2.75, 3.05) is 10.2 Å². The summed E-state index contributed by atoms with van der Waals surface area (Å²) in [5.74, 6) is 0.177. The molecule has 2 aromatic heterocycles. The van der Waals surface area contributed by atoms with Gasteiger partial charge in [-0.2, -0.15) is 0 Å². The van der Waals surface area contributed by atoms with Gasteiger partial charge in [-0.25, -0.2) is 4.98 Å². The van der Waals surface area contributed by atoms with Crippen LogP contribution in [0.25, 0.3) is 11.0 Å². The molecule has 1 aliphatic heterocycles. The van der Waals surface area contributed by atoms with E-state index in [1.54, 1.807) is 11.1 Å². The summed E-state index contributed by atoms with van der Waals surface area (Å²) in [5, 5.41) is 2.91. The molecule has 1 atom stereocenters. The van der Waals surface area contributed by atoms with Crippen LogP contribution in [-0.2, 0) is 16.1 Å². The number of hydrogen-bond acceptors (Lipinski definition) is 4. The molecule has 0 saturated carbocycles. The molecule has 0 fully saturated rings. The van der Waals surface area contributed by atoms with Gasteiger partial charge in [-0.3, -0.25) is 24.0 Å². The van der Waals surface area contributed by atoms with Crippen LogP contribution in [0.5, 0.6) is 0 Å². The Morgan fingerprint density at radius 1 is 1.06 bits per heavy atom. The number of carbonyl (C=O) groups is 2. The Balaban J connectivity index is 1.47. The molecule has 5 rings (SSSR count). The molecule has 0 saturated heterocycles. The standard InChI is InChI=1S/C24H21N5O2/c1-16-7-6-9-17(13-16)26-22(30)14-21-23(31)28(15-18-8-4-5-12-25-18)24-27-19-10-2-3-11-20(19)29(21)24/h2-13,21H,14-15H2,1H3,(H,26,30). The van der Waals surface area contributed by atoms with Crippen LogP contribution < -0.4 is 10.2 Å². The topological polar surface area (TPSA) is 80.1 Å². The van der Waals surface area contributed by atoms with Crippen LogP contribution >= 0.6 is 0 Å². The van der Waals surface area contributed by atoms with Crippen LogP contribution in [0.2, 0.25) is 0 Å². The summed E-state index contributed by atoms with van der Waals surface area (Å²) in [7, 11) is 0. The second-order valence-corrected chi connectivity index (χ2v) is 7.65. The Morgan fingerprint density at radius 3 is 2.71 bits per heavy atom. The second kappa shape index (κ2) is 7.68. The van der Waals surface area contributed by atoms with Crippen LogP contribution in [-0.4, -0.2) is 26.3 Å². The van der Waals surface area contributed by atoms with Gasteiger partial charge in [0, 0.05) is 11.9 Å². The fraction of sp³-hybridized carbons (Fsp3) is 0.167.